The van der Waals surface area contributed by atoms with Crippen LogP contribution < -0.4 is 4.74 Å². The molecule has 0 amide bonds. The highest BCUT2D eigenvalue weighted by Gasteiger charge is 2.21. The molecule has 3 aromatic rings. The van der Waals surface area contributed by atoms with Crippen molar-refractivity contribution in [3.05, 3.63) is 93.5 Å². The number of hydrogen-bond acceptors (Lipinski definition) is 3. The second kappa shape index (κ2) is 9.43. The maximum absolute atomic E-state index is 13.2. The van der Waals surface area contributed by atoms with Crippen molar-refractivity contribution in [2.75, 3.05) is 0 Å². The zero-order chi connectivity index (χ0) is 21.8. The zero-order valence-electron chi connectivity index (χ0n) is 16.8. The molecule has 0 fully saturated rings. The number of hydrogen-bond donors (Lipinski definition) is 1. The van der Waals surface area contributed by atoms with Gasteiger partial charge in [0, 0.05) is 10.0 Å². The minimum atomic E-state index is -1.04. The molecule has 0 bridgehead atoms. The van der Waals surface area contributed by atoms with E-state index in [1.807, 2.05) is 24.3 Å². The van der Waals surface area contributed by atoms with Gasteiger partial charge in [-0.2, -0.15) is 0 Å². The topological polar surface area (TPSA) is 59.4 Å². The standard InChI is InChI=1S/C25H21BrFNO3/c26-17-10-13-24(31-15-16-8-11-18(27)12-9-16)21(14-17)19-4-1-2-5-20(19)22-6-3-7-23(28-22)25(29)30/h3,6-14H,1-2,4-5,15H2,(H,29,30). The van der Waals surface area contributed by atoms with Gasteiger partial charge in [0.2, 0.25) is 0 Å². The third-order valence-electron chi connectivity index (χ3n) is 5.32. The molecule has 1 heterocycles. The van der Waals surface area contributed by atoms with E-state index in [1.165, 1.54) is 18.2 Å². The van der Waals surface area contributed by atoms with Gasteiger partial charge in [-0.3, -0.25) is 0 Å². The molecule has 0 unspecified atom stereocenters. The van der Waals surface area contributed by atoms with Gasteiger partial charge >= 0.3 is 5.97 Å². The Labute approximate surface area is 188 Å². The quantitative estimate of drug-likeness (QED) is 0.423. The van der Waals surface area contributed by atoms with Gasteiger partial charge in [0.1, 0.15) is 23.9 Å². The highest BCUT2D eigenvalue weighted by atomic mass is 79.9. The van der Waals surface area contributed by atoms with Crippen molar-refractivity contribution in [2.45, 2.75) is 32.3 Å². The van der Waals surface area contributed by atoms with E-state index in [9.17, 15) is 14.3 Å². The highest BCUT2D eigenvalue weighted by Crippen LogP contribution is 2.42. The predicted octanol–water partition coefficient (Wildman–Crippen LogP) is 6.75. The number of pyridine rings is 1. The lowest BCUT2D eigenvalue weighted by Gasteiger charge is -2.23. The highest BCUT2D eigenvalue weighted by molar-refractivity contribution is 9.10. The number of carboxylic acid groups (broad SMARTS) is 1. The van der Waals surface area contributed by atoms with Crippen molar-refractivity contribution in [2.24, 2.45) is 0 Å². The molecule has 1 aromatic heterocycles. The summed E-state index contributed by atoms with van der Waals surface area (Å²) in [7, 11) is 0. The summed E-state index contributed by atoms with van der Waals surface area (Å²) in [4.78, 5) is 15.8. The summed E-state index contributed by atoms with van der Waals surface area (Å²) in [6.07, 6.45) is 3.76. The zero-order valence-corrected chi connectivity index (χ0v) is 18.4. The molecular formula is C25H21BrFNO3. The number of aromatic carboxylic acids is 1. The van der Waals surface area contributed by atoms with E-state index in [1.54, 1.807) is 18.2 Å². The molecule has 31 heavy (non-hydrogen) atoms. The van der Waals surface area contributed by atoms with Crippen molar-refractivity contribution in [1.82, 2.24) is 4.98 Å². The Hall–Kier alpha value is -2.99. The van der Waals surface area contributed by atoms with Crippen LogP contribution in [0.4, 0.5) is 4.39 Å². The Morgan fingerprint density at radius 1 is 1.03 bits per heavy atom. The number of allylic oxidation sites excluding steroid dienone is 2. The monoisotopic (exact) mass is 481 g/mol. The molecule has 1 N–H and O–H groups in total. The molecule has 4 rings (SSSR count). The first kappa shape index (κ1) is 21.2. The van der Waals surface area contributed by atoms with Crippen LogP contribution in [0.2, 0.25) is 0 Å². The largest absolute Gasteiger partial charge is 0.488 e. The van der Waals surface area contributed by atoms with Gasteiger partial charge in [-0.05, 0) is 84.9 Å². The van der Waals surface area contributed by atoms with Gasteiger partial charge in [-0.25, -0.2) is 14.2 Å². The summed E-state index contributed by atoms with van der Waals surface area (Å²) < 4.78 is 20.2. The smallest absolute Gasteiger partial charge is 0.354 e. The Kier molecular flexibility index (Phi) is 6.47. The van der Waals surface area contributed by atoms with E-state index in [0.717, 1.165) is 58.2 Å². The van der Waals surface area contributed by atoms with Crippen LogP contribution in [0.1, 0.15) is 53.0 Å². The van der Waals surface area contributed by atoms with Crippen LogP contribution in [-0.2, 0) is 6.61 Å². The van der Waals surface area contributed by atoms with E-state index in [4.69, 9.17) is 4.74 Å². The second-order valence-corrected chi connectivity index (χ2v) is 8.35. The van der Waals surface area contributed by atoms with E-state index in [0.29, 0.717) is 12.3 Å². The molecule has 0 aliphatic heterocycles. The lowest BCUT2D eigenvalue weighted by molar-refractivity contribution is 0.0690. The molecule has 6 heteroatoms. The molecule has 4 nitrogen and oxygen atoms in total. The fourth-order valence-electron chi connectivity index (χ4n) is 3.81. The van der Waals surface area contributed by atoms with Crippen LogP contribution in [0, 0.1) is 5.82 Å². The Balaban J connectivity index is 1.73. The number of carboxylic acids is 1. The Morgan fingerprint density at radius 2 is 1.77 bits per heavy atom. The fraction of sp³-hybridized carbons (Fsp3) is 0.200. The number of aromatic nitrogens is 1. The van der Waals surface area contributed by atoms with Crippen LogP contribution in [0.25, 0.3) is 11.1 Å². The maximum atomic E-state index is 13.2. The van der Waals surface area contributed by atoms with Gasteiger partial charge in [0.15, 0.2) is 0 Å². The number of halogens is 2. The minimum absolute atomic E-state index is 0.0388. The molecule has 0 radical (unpaired) electrons. The number of rotatable bonds is 6. The van der Waals surface area contributed by atoms with Crippen molar-refractivity contribution >= 4 is 33.0 Å². The van der Waals surface area contributed by atoms with Gasteiger partial charge in [-0.1, -0.05) is 34.1 Å². The lowest BCUT2D eigenvalue weighted by Crippen LogP contribution is -2.06. The molecule has 1 aliphatic rings. The maximum Gasteiger partial charge on any atom is 0.354 e. The molecule has 2 aromatic carbocycles. The average molecular weight is 482 g/mol. The normalized spacial score (nSPS) is 13.9. The van der Waals surface area contributed by atoms with Crippen molar-refractivity contribution in [3.8, 4) is 5.75 Å². The van der Waals surface area contributed by atoms with Gasteiger partial charge in [0.25, 0.3) is 0 Å². The third kappa shape index (κ3) is 5.02. The number of nitrogens with zero attached hydrogens (tertiary/aromatic N) is 1. The Bertz CT molecular complexity index is 1140. The predicted molar refractivity (Wildman–Crippen MR) is 121 cm³/mol. The van der Waals surface area contributed by atoms with E-state index >= 15 is 0 Å². The van der Waals surface area contributed by atoms with E-state index < -0.39 is 5.97 Å². The third-order valence-corrected chi connectivity index (χ3v) is 5.81. The number of ether oxygens (including phenoxy) is 1. The second-order valence-electron chi connectivity index (χ2n) is 7.43. The van der Waals surface area contributed by atoms with Gasteiger partial charge in [-0.15, -0.1) is 0 Å². The van der Waals surface area contributed by atoms with Gasteiger partial charge in [0.05, 0.1) is 5.69 Å². The molecule has 0 saturated carbocycles. The molecule has 1 aliphatic carbocycles. The fourth-order valence-corrected chi connectivity index (χ4v) is 4.17. The molecule has 158 valence electrons. The summed E-state index contributed by atoms with van der Waals surface area (Å²) in [5.74, 6) is -0.580. The molecule has 0 spiro atoms. The number of benzene rings is 2. The minimum Gasteiger partial charge on any atom is -0.488 e. The first-order chi connectivity index (χ1) is 15.0. The number of carbonyl (C=O) groups is 1. The van der Waals surface area contributed by atoms with Crippen LogP contribution in [0.3, 0.4) is 0 Å². The summed E-state index contributed by atoms with van der Waals surface area (Å²) in [5, 5.41) is 9.34. The first-order valence-electron chi connectivity index (χ1n) is 10.1. The first-order valence-corrected chi connectivity index (χ1v) is 10.9. The summed E-state index contributed by atoms with van der Waals surface area (Å²) in [5.41, 5.74) is 4.75. The van der Waals surface area contributed by atoms with Crippen LogP contribution >= 0.6 is 15.9 Å². The summed E-state index contributed by atoms with van der Waals surface area (Å²) >= 11 is 3.56. The SMILES string of the molecule is O=C(O)c1cccc(C2=C(c3cc(Br)ccc3OCc3ccc(F)cc3)CCCC2)n1. The lowest BCUT2D eigenvalue weighted by atomic mass is 9.85. The Morgan fingerprint density at radius 3 is 2.52 bits per heavy atom. The summed E-state index contributed by atoms with van der Waals surface area (Å²) in [6, 6.07) is 17.2. The van der Waals surface area contributed by atoms with Crippen molar-refractivity contribution < 1.29 is 19.0 Å². The summed E-state index contributed by atoms with van der Waals surface area (Å²) in [6.45, 7) is 0.324. The van der Waals surface area contributed by atoms with Crippen molar-refractivity contribution in [3.63, 3.8) is 0 Å². The molecular weight excluding hydrogens is 461 g/mol. The van der Waals surface area contributed by atoms with Crippen LogP contribution in [-0.4, -0.2) is 16.1 Å². The molecule has 0 atom stereocenters. The molecule has 0 saturated heterocycles. The average Bonchev–Trinajstić information content (AvgIpc) is 2.79. The van der Waals surface area contributed by atoms with Crippen LogP contribution in [0.15, 0.2) is 65.1 Å². The van der Waals surface area contributed by atoms with Gasteiger partial charge < -0.3 is 9.84 Å². The van der Waals surface area contributed by atoms with E-state index in [2.05, 4.69) is 20.9 Å². The van der Waals surface area contributed by atoms with Crippen LogP contribution in [0.5, 0.6) is 5.75 Å². The van der Waals surface area contributed by atoms with E-state index in [-0.39, 0.29) is 11.5 Å². The van der Waals surface area contributed by atoms with Crippen molar-refractivity contribution in [1.29, 1.82) is 0 Å².